The van der Waals surface area contributed by atoms with Crippen LogP contribution >= 0.6 is 0 Å². The lowest BCUT2D eigenvalue weighted by atomic mass is 10.2. The van der Waals surface area contributed by atoms with Gasteiger partial charge < -0.3 is 10.7 Å². The first kappa shape index (κ1) is 12.3. The lowest BCUT2D eigenvalue weighted by Crippen LogP contribution is -1.90. The van der Waals surface area contributed by atoms with E-state index < -0.39 is 0 Å². The van der Waals surface area contributed by atoms with Crippen LogP contribution in [0.2, 0.25) is 0 Å². The number of hydrogen-bond acceptors (Lipinski definition) is 3. The summed E-state index contributed by atoms with van der Waals surface area (Å²) in [4.78, 5) is 14.3. The highest BCUT2D eigenvalue weighted by Crippen LogP contribution is 2.30. The van der Waals surface area contributed by atoms with E-state index in [-0.39, 0.29) is 5.91 Å². The van der Waals surface area contributed by atoms with Gasteiger partial charge in [-0.25, -0.2) is 0 Å². The SMILES string of the molecule is CCCCC(=O)N=Nc1[nH]c(N)c2ccccc12. The van der Waals surface area contributed by atoms with Gasteiger partial charge in [-0.3, -0.25) is 4.79 Å². The maximum atomic E-state index is 11.4. The fourth-order valence-electron chi connectivity index (χ4n) is 1.75. The second-order valence-electron chi connectivity index (χ2n) is 4.13. The van der Waals surface area contributed by atoms with E-state index in [2.05, 4.69) is 15.2 Å². The molecule has 0 atom stereocenters. The molecule has 1 aromatic heterocycles. The molecule has 2 rings (SSSR count). The lowest BCUT2D eigenvalue weighted by Gasteiger charge is -1.91. The number of fused-ring (bicyclic) bond motifs is 1. The largest absolute Gasteiger partial charge is 0.385 e. The van der Waals surface area contributed by atoms with Crippen LogP contribution < -0.4 is 5.73 Å². The number of aromatic nitrogens is 1. The quantitative estimate of drug-likeness (QED) is 0.806. The van der Waals surface area contributed by atoms with E-state index in [1.165, 1.54) is 0 Å². The zero-order valence-electron chi connectivity index (χ0n) is 10.3. The third kappa shape index (κ3) is 2.56. The second-order valence-corrected chi connectivity index (χ2v) is 4.13. The molecule has 0 fully saturated rings. The first-order chi connectivity index (χ1) is 8.72. The van der Waals surface area contributed by atoms with E-state index in [9.17, 15) is 4.79 Å². The third-order valence-corrected chi connectivity index (χ3v) is 2.73. The molecule has 0 radical (unpaired) electrons. The molecule has 0 saturated carbocycles. The average Bonchev–Trinajstić information content (AvgIpc) is 2.71. The summed E-state index contributed by atoms with van der Waals surface area (Å²) in [7, 11) is 0. The zero-order chi connectivity index (χ0) is 13.0. The molecule has 94 valence electrons. The van der Waals surface area contributed by atoms with E-state index in [1.54, 1.807) is 0 Å². The maximum absolute atomic E-state index is 11.4. The van der Waals surface area contributed by atoms with Gasteiger partial charge in [0.2, 0.25) is 0 Å². The minimum atomic E-state index is -0.200. The Labute approximate surface area is 105 Å². The molecule has 0 spiro atoms. The number of benzene rings is 1. The van der Waals surface area contributed by atoms with Crippen LogP contribution in [0, 0.1) is 0 Å². The van der Waals surface area contributed by atoms with Crippen molar-refractivity contribution in [2.24, 2.45) is 10.2 Å². The number of H-pyrrole nitrogens is 1. The number of carbonyl (C=O) groups excluding carboxylic acids is 1. The van der Waals surface area contributed by atoms with E-state index in [0.717, 1.165) is 23.6 Å². The molecule has 5 heteroatoms. The fourth-order valence-corrected chi connectivity index (χ4v) is 1.75. The fraction of sp³-hybridized carbons (Fsp3) is 0.308. The summed E-state index contributed by atoms with van der Waals surface area (Å²) in [6.07, 6.45) is 2.25. The van der Waals surface area contributed by atoms with Crippen LogP contribution in [0.5, 0.6) is 0 Å². The molecular weight excluding hydrogens is 228 g/mol. The summed E-state index contributed by atoms with van der Waals surface area (Å²) in [6.45, 7) is 2.03. The molecule has 5 nitrogen and oxygen atoms in total. The number of nitrogen functional groups attached to an aromatic ring is 1. The van der Waals surface area contributed by atoms with Crippen LogP contribution in [0.3, 0.4) is 0 Å². The highest BCUT2D eigenvalue weighted by atomic mass is 16.1. The number of nitrogens with two attached hydrogens (primary N) is 1. The Hall–Kier alpha value is -2.17. The summed E-state index contributed by atoms with van der Waals surface area (Å²) < 4.78 is 0. The molecular formula is C13H16N4O. The van der Waals surface area contributed by atoms with Crippen molar-refractivity contribution in [2.75, 3.05) is 5.73 Å². The van der Waals surface area contributed by atoms with Crippen molar-refractivity contribution in [2.45, 2.75) is 26.2 Å². The highest BCUT2D eigenvalue weighted by molar-refractivity contribution is 5.99. The second kappa shape index (κ2) is 5.44. The van der Waals surface area contributed by atoms with Gasteiger partial charge in [-0.15, -0.1) is 10.2 Å². The molecule has 1 aromatic carbocycles. The molecule has 0 aliphatic carbocycles. The summed E-state index contributed by atoms with van der Waals surface area (Å²) in [5, 5.41) is 9.42. The highest BCUT2D eigenvalue weighted by Gasteiger charge is 2.07. The van der Waals surface area contributed by atoms with E-state index >= 15 is 0 Å². The minimum Gasteiger partial charge on any atom is -0.385 e. The molecule has 1 heterocycles. The minimum absolute atomic E-state index is 0.200. The standard InChI is InChI=1S/C13H16N4O/c1-2-3-8-11(18)16-17-13-10-7-5-4-6-9(10)12(14)15-13/h4-7,15H,2-3,8,14H2,1H3. The first-order valence-corrected chi connectivity index (χ1v) is 6.03. The number of nitrogens with zero attached hydrogens (tertiary/aromatic N) is 2. The van der Waals surface area contributed by atoms with E-state index in [1.807, 2.05) is 31.2 Å². The van der Waals surface area contributed by atoms with Gasteiger partial charge in [0.25, 0.3) is 5.91 Å². The third-order valence-electron chi connectivity index (χ3n) is 2.73. The van der Waals surface area contributed by atoms with Crippen LogP contribution in [0.15, 0.2) is 34.5 Å². The number of anilines is 1. The van der Waals surface area contributed by atoms with Crippen LogP contribution in [-0.2, 0) is 4.79 Å². The number of carbonyl (C=O) groups is 1. The summed E-state index contributed by atoms with van der Waals surface area (Å²) in [5.74, 6) is 0.877. The van der Waals surface area contributed by atoms with Gasteiger partial charge in [-0.05, 0) is 6.42 Å². The zero-order valence-corrected chi connectivity index (χ0v) is 10.3. The molecule has 3 N–H and O–H groups in total. The van der Waals surface area contributed by atoms with Crippen molar-refractivity contribution in [1.29, 1.82) is 0 Å². The molecule has 18 heavy (non-hydrogen) atoms. The molecule has 0 bridgehead atoms. The molecule has 1 amide bonds. The molecule has 0 aliphatic heterocycles. The smallest absolute Gasteiger partial charge is 0.264 e. The van der Waals surface area contributed by atoms with Crippen molar-refractivity contribution >= 4 is 28.3 Å². The Morgan fingerprint density at radius 1 is 1.33 bits per heavy atom. The lowest BCUT2D eigenvalue weighted by molar-refractivity contribution is -0.118. The van der Waals surface area contributed by atoms with Gasteiger partial charge in [0.1, 0.15) is 5.82 Å². The van der Waals surface area contributed by atoms with Gasteiger partial charge in [0, 0.05) is 17.2 Å². The number of aromatic amines is 1. The van der Waals surface area contributed by atoms with Crippen LogP contribution in [0.25, 0.3) is 10.8 Å². The van der Waals surface area contributed by atoms with Gasteiger partial charge in [-0.2, -0.15) is 0 Å². The monoisotopic (exact) mass is 244 g/mol. The van der Waals surface area contributed by atoms with Crippen molar-refractivity contribution in [3.63, 3.8) is 0 Å². The summed E-state index contributed by atoms with van der Waals surface area (Å²) in [5.41, 5.74) is 5.82. The molecule has 0 saturated heterocycles. The van der Waals surface area contributed by atoms with Gasteiger partial charge >= 0.3 is 0 Å². The van der Waals surface area contributed by atoms with Crippen LogP contribution in [0.1, 0.15) is 26.2 Å². The van der Waals surface area contributed by atoms with Crippen molar-refractivity contribution in [1.82, 2.24) is 4.98 Å². The number of rotatable bonds is 4. The maximum Gasteiger partial charge on any atom is 0.264 e. The van der Waals surface area contributed by atoms with Gasteiger partial charge in [0.15, 0.2) is 5.82 Å². The topological polar surface area (TPSA) is 83.6 Å². The Balaban J connectivity index is 2.22. The molecule has 0 aliphatic rings. The average molecular weight is 244 g/mol. The van der Waals surface area contributed by atoms with Crippen molar-refractivity contribution in [3.8, 4) is 0 Å². The number of unbranched alkanes of at least 4 members (excludes halogenated alkanes) is 1. The Bertz CT molecular complexity index is 586. The van der Waals surface area contributed by atoms with Crippen LogP contribution in [-0.4, -0.2) is 10.9 Å². The number of hydrogen-bond donors (Lipinski definition) is 2. The van der Waals surface area contributed by atoms with Crippen molar-refractivity contribution in [3.05, 3.63) is 24.3 Å². The van der Waals surface area contributed by atoms with Crippen molar-refractivity contribution < 1.29 is 4.79 Å². The summed E-state index contributed by atoms with van der Waals surface area (Å²) in [6, 6.07) is 7.60. The Morgan fingerprint density at radius 3 is 2.78 bits per heavy atom. The molecule has 0 unspecified atom stereocenters. The summed E-state index contributed by atoms with van der Waals surface area (Å²) >= 11 is 0. The number of amides is 1. The van der Waals surface area contributed by atoms with E-state index in [0.29, 0.717) is 18.1 Å². The normalized spacial score (nSPS) is 11.4. The molecule has 2 aromatic rings. The van der Waals surface area contributed by atoms with E-state index in [4.69, 9.17) is 5.73 Å². The Morgan fingerprint density at radius 2 is 2.06 bits per heavy atom. The van der Waals surface area contributed by atoms with Gasteiger partial charge in [0.05, 0.1) is 0 Å². The van der Waals surface area contributed by atoms with Gasteiger partial charge in [-0.1, -0.05) is 37.6 Å². The number of nitrogens with one attached hydrogen (secondary N) is 1. The predicted octanol–water partition coefficient (Wildman–Crippen LogP) is 3.55. The first-order valence-electron chi connectivity index (χ1n) is 6.03. The Kier molecular flexibility index (Phi) is 3.72. The predicted molar refractivity (Wildman–Crippen MR) is 71.8 cm³/mol. The van der Waals surface area contributed by atoms with Crippen LogP contribution in [0.4, 0.5) is 11.6 Å². The number of azo groups is 1.